The van der Waals surface area contributed by atoms with Crippen LogP contribution < -0.4 is 10.1 Å². The molecule has 0 spiro atoms. The summed E-state index contributed by atoms with van der Waals surface area (Å²) >= 11 is 0. The molecular weight excluding hydrogens is 252 g/mol. The maximum atomic E-state index is 5.28. The van der Waals surface area contributed by atoms with Crippen LogP contribution in [0.4, 0.5) is 5.95 Å². The first kappa shape index (κ1) is 14.3. The highest BCUT2D eigenvalue weighted by Gasteiger charge is 2.14. The zero-order valence-corrected chi connectivity index (χ0v) is 12.1. The lowest BCUT2D eigenvalue weighted by Gasteiger charge is -2.25. The largest absolute Gasteiger partial charge is 0.497 e. The Labute approximate surface area is 119 Å². The number of nitrogens with zero attached hydrogens (tertiary/aromatic N) is 3. The lowest BCUT2D eigenvalue weighted by atomic mass is 10.1. The van der Waals surface area contributed by atoms with E-state index in [-0.39, 0.29) is 6.04 Å². The second kappa shape index (κ2) is 6.86. The van der Waals surface area contributed by atoms with E-state index in [2.05, 4.69) is 46.4 Å². The average molecular weight is 272 g/mol. The molecule has 0 radical (unpaired) electrons. The van der Waals surface area contributed by atoms with Crippen LogP contribution in [0.1, 0.15) is 11.6 Å². The van der Waals surface area contributed by atoms with Gasteiger partial charge in [0.05, 0.1) is 13.2 Å². The molecule has 1 atom stereocenters. The predicted molar refractivity (Wildman–Crippen MR) is 79.9 cm³/mol. The molecule has 0 bridgehead atoms. The van der Waals surface area contributed by atoms with E-state index in [0.29, 0.717) is 5.95 Å². The molecule has 20 heavy (non-hydrogen) atoms. The van der Waals surface area contributed by atoms with E-state index in [0.717, 1.165) is 12.3 Å². The van der Waals surface area contributed by atoms with Gasteiger partial charge in [-0.3, -0.25) is 0 Å². The summed E-state index contributed by atoms with van der Waals surface area (Å²) in [6, 6.07) is 10.1. The first-order valence-electron chi connectivity index (χ1n) is 6.52. The van der Waals surface area contributed by atoms with Crippen molar-refractivity contribution < 1.29 is 4.74 Å². The summed E-state index contributed by atoms with van der Waals surface area (Å²) in [6.45, 7) is 0.726. The van der Waals surface area contributed by atoms with E-state index >= 15 is 0 Å². The molecule has 106 valence electrons. The SMILES string of the molecule is COc1cccc([C@@H](CNc2ncccn2)N(C)C)c1. The minimum Gasteiger partial charge on any atom is -0.497 e. The number of rotatable bonds is 6. The molecular formula is C15H20N4O. The summed E-state index contributed by atoms with van der Waals surface area (Å²) < 4.78 is 5.28. The number of aromatic nitrogens is 2. The predicted octanol–water partition coefficient (Wildman–Crippen LogP) is 2.20. The van der Waals surface area contributed by atoms with Gasteiger partial charge < -0.3 is 15.0 Å². The van der Waals surface area contributed by atoms with E-state index in [9.17, 15) is 0 Å². The molecule has 1 aromatic heterocycles. The van der Waals surface area contributed by atoms with Gasteiger partial charge in [-0.1, -0.05) is 12.1 Å². The molecule has 0 aliphatic rings. The summed E-state index contributed by atoms with van der Waals surface area (Å²) in [5, 5.41) is 3.26. The van der Waals surface area contributed by atoms with Gasteiger partial charge in [-0.2, -0.15) is 0 Å². The number of anilines is 1. The topological polar surface area (TPSA) is 50.3 Å². The van der Waals surface area contributed by atoms with Crippen LogP contribution in [0.25, 0.3) is 0 Å². The number of methoxy groups -OCH3 is 1. The van der Waals surface area contributed by atoms with Crippen molar-refractivity contribution >= 4 is 5.95 Å². The van der Waals surface area contributed by atoms with Crippen LogP contribution in [0, 0.1) is 0 Å². The zero-order valence-electron chi connectivity index (χ0n) is 12.1. The number of benzene rings is 1. The Morgan fingerprint density at radius 2 is 1.95 bits per heavy atom. The van der Waals surface area contributed by atoms with Crippen LogP contribution in [0.3, 0.4) is 0 Å². The van der Waals surface area contributed by atoms with Crippen LogP contribution in [0.2, 0.25) is 0 Å². The van der Waals surface area contributed by atoms with Crippen molar-refractivity contribution in [1.29, 1.82) is 0 Å². The maximum Gasteiger partial charge on any atom is 0.222 e. The molecule has 0 aliphatic carbocycles. The Morgan fingerprint density at radius 3 is 2.60 bits per heavy atom. The molecule has 0 saturated heterocycles. The van der Waals surface area contributed by atoms with Crippen molar-refractivity contribution in [2.24, 2.45) is 0 Å². The van der Waals surface area contributed by atoms with Gasteiger partial charge in [0.1, 0.15) is 5.75 Å². The van der Waals surface area contributed by atoms with Gasteiger partial charge in [-0.15, -0.1) is 0 Å². The lowest BCUT2D eigenvalue weighted by Crippen LogP contribution is -2.27. The number of likely N-dealkylation sites (N-methyl/N-ethyl adjacent to an activating group) is 1. The van der Waals surface area contributed by atoms with Crippen molar-refractivity contribution in [2.75, 3.05) is 33.1 Å². The van der Waals surface area contributed by atoms with Crippen molar-refractivity contribution in [2.45, 2.75) is 6.04 Å². The molecule has 0 aliphatic heterocycles. The highest BCUT2D eigenvalue weighted by atomic mass is 16.5. The first-order valence-corrected chi connectivity index (χ1v) is 6.52. The average Bonchev–Trinajstić information content (AvgIpc) is 2.48. The lowest BCUT2D eigenvalue weighted by molar-refractivity contribution is 0.310. The van der Waals surface area contributed by atoms with E-state index in [4.69, 9.17) is 4.74 Å². The van der Waals surface area contributed by atoms with E-state index in [1.165, 1.54) is 5.56 Å². The normalized spacial score (nSPS) is 12.2. The molecule has 0 saturated carbocycles. The third-order valence-electron chi connectivity index (χ3n) is 3.12. The Balaban J connectivity index is 2.10. The van der Waals surface area contributed by atoms with Gasteiger partial charge in [0, 0.05) is 18.9 Å². The van der Waals surface area contributed by atoms with Gasteiger partial charge in [0.2, 0.25) is 5.95 Å². The van der Waals surface area contributed by atoms with Gasteiger partial charge in [0.15, 0.2) is 0 Å². The summed E-state index contributed by atoms with van der Waals surface area (Å²) in [4.78, 5) is 10.5. The fourth-order valence-corrected chi connectivity index (χ4v) is 2.03. The van der Waals surface area contributed by atoms with Gasteiger partial charge in [-0.25, -0.2) is 9.97 Å². The van der Waals surface area contributed by atoms with Gasteiger partial charge in [0.25, 0.3) is 0 Å². The second-order valence-electron chi connectivity index (χ2n) is 4.71. The number of hydrogen-bond acceptors (Lipinski definition) is 5. The minimum atomic E-state index is 0.217. The van der Waals surface area contributed by atoms with Crippen molar-refractivity contribution in [3.8, 4) is 5.75 Å². The minimum absolute atomic E-state index is 0.217. The molecule has 2 aromatic rings. The molecule has 2 rings (SSSR count). The van der Waals surface area contributed by atoms with Crippen molar-refractivity contribution in [1.82, 2.24) is 14.9 Å². The Bertz CT molecular complexity index is 530. The van der Waals surface area contributed by atoms with E-state index in [1.54, 1.807) is 25.6 Å². The number of nitrogens with one attached hydrogen (secondary N) is 1. The second-order valence-corrected chi connectivity index (χ2v) is 4.71. The Kier molecular flexibility index (Phi) is 4.90. The number of hydrogen-bond donors (Lipinski definition) is 1. The standard InChI is InChI=1S/C15H20N4O/c1-19(2)14(11-18-15-16-8-5-9-17-15)12-6-4-7-13(10-12)20-3/h4-10,14H,11H2,1-3H3,(H,16,17,18)/t14-/m1/s1. The van der Waals surface area contributed by atoms with Crippen molar-refractivity contribution in [3.05, 3.63) is 48.3 Å². The van der Waals surface area contributed by atoms with E-state index in [1.807, 2.05) is 12.1 Å². The summed E-state index contributed by atoms with van der Waals surface area (Å²) in [6.07, 6.45) is 3.46. The molecule has 0 unspecified atom stereocenters. The van der Waals surface area contributed by atoms with Crippen molar-refractivity contribution in [3.63, 3.8) is 0 Å². The van der Waals surface area contributed by atoms with Gasteiger partial charge >= 0.3 is 0 Å². The zero-order chi connectivity index (χ0) is 14.4. The maximum absolute atomic E-state index is 5.28. The summed E-state index contributed by atoms with van der Waals surface area (Å²) in [7, 11) is 5.79. The fourth-order valence-electron chi connectivity index (χ4n) is 2.03. The van der Waals surface area contributed by atoms with Gasteiger partial charge in [-0.05, 0) is 37.9 Å². The summed E-state index contributed by atoms with van der Waals surface area (Å²) in [5.41, 5.74) is 1.19. The molecule has 5 nitrogen and oxygen atoms in total. The Hall–Kier alpha value is -2.14. The fraction of sp³-hybridized carbons (Fsp3) is 0.333. The molecule has 1 N–H and O–H groups in total. The molecule has 1 aromatic carbocycles. The molecule has 0 amide bonds. The van der Waals surface area contributed by atoms with Crippen LogP contribution >= 0.6 is 0 Å². The third kappa shape index (κ3) is 3.68. The van der Waals surface area contributed by atoms with Crippen LogP contribution in [-0.2, 0) is 0 Å². The highest BCUT2D eigenvalue weighted by molar-refractivity contribution is 5.32. The molecule has 5 heteroatoms. The van der Waals surface area contributed by atoms with Crippen LogP contribution in [0.5, 0.6) is 5.75 Å². The summed E-state index contributed by atoms with van der Waals surface area (Å²) in [5.74, 6) is 1.51. The third-order valence-corrected chi connectivity index (χ3v) is 3.12. The molecule has 0 fully saturated rings. The molecule has 1 heterocycles. The van der Waals surface area contributed by atoms with Crippen LogP contribution in [-0.4, -0.2) is 42.6 Å². The first-order chi connectivity index (χ1) is 9.70. The monoisotopic (exact) mass is 272 g/mol. The Morgan fingerprint density at radius 1 is 1.20 bits per heavy atom. The van der Waals surface area contributed by atoms with E-state index < -0.39 is 0 Å². The van der Waals surface area contributed by atoms with Crippen LogP contribution in [0.15, 0.2) is 42.7 Å². The quantitative estimate of drug-likeness (QED) is 0.873. The highest BCUT2D eigenvalue weighted by Crippen LogP contribution is 2.22. The number of ether oxygens (including phenoxy) is 1. The smallest absolute Gasteiger partial charge is 0.222 e.